The Morgan fingerprint density at radius 3 is 2.55 bits per heavy atom. The van der Waals surface area contributed by atoms with Crippen LogP contribution in [0.5, 0.6) is 11.5 Å². The first-order chi connectivity index (χ1) is 9.63. The minimum absolute atomic E-state index is 0.272. The van der Waals surface area contributed by atoms with E-state index in [9.17, 15) is 4.39 Å². The Hall–Kier alpha value is -1.07. The molecule has 2 aromatic carbocycles. The molecular weight excluding hydrogens is 391 g/mol. The number of rotatable bonds is 5. The van der Waals surface area contributed by atoms with Crippen LogP contribution in [0.25, 0.3) is 0 Å². The lowest BCUT2D eigenvalue weighted by molar-refractivity contribution is 0.302. The number of hydrogen-bond acceptors (Lipinski definition) is 2. The summed E-state index contributed by atoms with van der Waals surface area (Å²) in [4.78, 5) is 0. The molecule has 0 unspecified atom stereocenters. The van der Waals surface area contributed by atoms with Gasteiger partial charge in [0.05, 0.1) is 7.11 Å². The van der Waals surface area contributed by atoms with Crippen LogP contribution in [-0.4, -0.2) is 7.11 Å². The zero-order chi connectivity index (χ0) is 14.5. The van der Waals surface area contributed by atoms with E-state index in [-0.39, 0.29) is 5.82 Å². The summed E-state index contributed by atoms with van der Waals surface area (Å²) in [5.74, 6) is 1.29. The molecule has 2 nitrogen and oxygen atoms in total. The second kappa shape index (κ2) is 7.09. The maximum absolute atomic E-state index is 13.0. The molecule has 2 rings (SSSR count). The SMILES string of the molecule is COc1ccc(OCc2ccc(F)cc2Br)c(CBr)c1. The average Bonchev–Trinajstić information content (AvgIpc) is 2.46. The van der Waals surface area contributed by atoms with E-state index < -0.39 is 0 Å². The topological polar surface area (TPSA) is 18.5 Å². The molecule has 0 spiro atoms. The van der Waals surface area contributed by atoms with Crippen LogP contribution in [-0.2, 0) is 11.9 Å². The van der Waals surface area contributed by atoms with Crippen molar-refractivity contribution in [3.8, 4) is 11.5 Å². The van der Waals surface area contributed by atoms with E-state index in [4.69, 9.17) is 9.47 Å². The van der Waals surface area contributed by atoms with Crippen LogP contribution in [0.4, 0.5) is 4.39 Å². The van der Waals surface area contributed by atoms with Gasteiger partial charge in [0.1, 0.15) is 23.9 Å². The van der Waals surface area contributed by atoms with E-state index in [1.54, 1.807) is 13.2 Å². The van der Waals surface area contributed by atoms with Gasteiger partial charge in [0.25, 0.3) is 0 Å². The molecule has 0 radical (unpaired) electrons. The van der Waals surface area contributed by atoms with Crippen molar-refractivity contribution in [1.29, 1.82) is 0 Å². The number of alkyl halides is 1. The zero-order valence-corrected chi connectivity index (χ0v) is 14.0. The minimum Gasteiger partial charge on any atom is -0.497 e. The van der Waals surface area contributed by atoms with E-state index in [2.05, 4.69) is 31.9 Å². The van der Waals surface area contributed by atoms with Crippen molar-refractivity contribution < 1.29 is 13.9 Å². The largest absolute Gasteiger partial charge is 0.497 e. The van der Waals surface area contributed by atoms with Gasteiger partial charge in [-0.3, -0.25) is 0 Å². The van der Waals surface area contributed by atoms with Gasteiger partial charge in [-0.2, -0.15) is 0 Å². The van der Waals surface area contributed by atoms with E-state index >= 15 is 0 Å². The Morgan fingerprint density at radius 2 is 1.90 bits per heavy atom. The zero-order valence-electron chi connectivity index (χ0n) is 10.8. The predicted molar refractivity (Wildman–Crippen MR) is 84.1 cm³/mol. The molecule has 106 valence electrons. The Morgan fingerprint density at radius 1 is 1.10 bits per heavy atom. The molecule has 0 aliphatic carbocycles. The monoisotopic (exact) mass is 402 g/mol. The lowest BCUT2D eigenvalue weighted by Gasteiger charge is -2.12. The van der Waals surface area contributed by atoms with Gasteiger partial charge >= 0.3 is 0 Å². The predicted octanol–water partition coefficient (Wildman–Crippen LogP) is 5.07. The lowest BCUT2D eigenvalue weighted by atomic mass is 10.2. The molecule has 0 saturated heterocycles. The Kier molecular flexibility index (Phi) is 5.43. The normalized spacial score (nSPS) is 10.4. The quantitative estimate of drug-likeness (QED) is 0.648. The van der Waals surface area contributed by atoms with Gasteiger partial charge < -0.3 is 9.47 Å². The molecule has 0 aliphatic heterocycles. The van der Waals surface area contributed by atoms with E-state index in [1.807, 2.05) is 18.2 Å². The Balaban J connectivity index is 2.14. The molecule has 20 heavy (non-hydrogen) atoms. The van der Waals surface area contributed by atoms with Gasteiger partial charge in [-0.25, -0.2) is 4.39 Å². The number of benzene rings is 2. The highest BCUT2D eigenvalue weighted by atomic mass is 79.9. The molecule has 0 aromatic heterocycles. The second-order valence-electron chi connectivity index (χ2n) is 4.13. The van der Waals surface area contributed by atoms with Gasteiger partial charge in [-0.15, -0.1) is 0 Å². The smallest absolute Gasteiger partial charge is 0.124 e. The van der Waals surface area contributed by atoms with Crippen LogP contribution >= 0.6 is 31.9 Å². The number of hydrogen-bond donors (Lipinski definition) is 0. The molecule has 0 amide bonds. The third-order valence-corrected chi connectivity index (χ3v) is 4.15. The number of halogens is 3. The van der Waals surface area contributed by atoms with Crippen molar-refractivity contribution >= 4 is 31.9 Å². The summed E-state index contributed by atoms with van der Waals surface area (Å²) in [6.07, 6.45) is 0. The van der Waals surface area contributed by atoms with Gasteiger partial charge in [-0.1, -0.05) is 37.9 Å². The number of ether oxygens (including phenoxy) is 2. The summed E-state index contributed by atoms with van der Waals surface area (Å²) >= 11 is 6.76. The van der Waals surface area contributed by atoms with E-state index in [0.29, 0.717) is 16.4 Å². The summed E-state index contributed by atoms with van der Waals surface area (Å²) in [5, 5.41) is 0.671. The summed E-state index contributed by atoms with van der Waals surface area (Å²) in [5.41, 5.74) is 1.89. The molecule has 0 aliphatic rings. The average molecular weight is 404 g/mol. The van der Waals surface area contributed by atoms with E-state index in [0.717, 1.165) is 22.6 Å². The van der Waals surface area contributed by atoms with Crippen molar-refractivity contribution in [2.75, 3.05) is 7.11 Å². The maximum atomic E-state index is 13.0. The molecular formula is C15H13Br2FO2. The molecule has 2 aromatic rings. The van der Waals surface area contributed by atoms with Crippen LogP contribution in [0.3, 0.4) is 0 Å². The van der Waals surface area contributed by atoms with Crippen molar-refractivity contribution in [3.05, 3.63) is 57.8 Å². The van der Waals surface area contributed by atoms with Crippen molar-refractivity contribution in [2.24, 2.45) is 0 Å². The molecule has 0 saturated carbocycles. The lowest BCUT2D eigenvalue weighted by Crippen LogP contribution is -1.99. The highest BCUT2D eigenvalue weighted by Crippen LogP contribution is 2.28. The maximum Gasteiger partial charge on any atom is 0.124 e. The third kappa shape index (κ3) is 3.73. The summed E-state index contributed by atoms with van der Waals surface area (Å²) in [6.45, 7) is 0.368. The first-order valence-electron chi connectivity index (χ1n) is 5.93. The molecule has 5 heteroatoms. The first kappa shape index (κ1) is 15.3. The van der Waals surface area contributed by atoms with Gasteiger partial charge in [0.15, 0.2) is 0 Å². The number of methoxy groups -OCH3 is 1. The van der Waals surface area contributed by atoms with Gasteiger partial charge in [0, 0.05) is 20.9 Å². The summed E-state index contributed by atoms with van der Waals surface area (Å²) in [7, 11) is 1.63. The minimum atomic E-state index is -0.272. The first-order valence-corrected chi connectivity index (χ1v) is 7.85. The Bertz CT molecular complexity index is 602. The van der Waals surface area contributed by atoms with E-state index in [1.165, 1.54) is 12.1 Å². The molecule has 0 N–H and O–H groups in total. The van der Waals surface area contributed by atoms with Crippen LogP contribution < -0.4 is 9.47 Å². The fourth-order valence-electron chi connectivity index (χ4n) is 1.72. The summed E-state index contributed by atoms with van der Waals surface area (Å²) < 4.78 is 24.7. The molecule has 0 bridgehead atoms. The highest BCUT2D eigenvalue weighted by Gasteiger charge is 2.07. The van der Waals surface area contributed by atoms with Crippen LogP contribution in [0.15, 0.2) is 40.9 Å². The fraction of sp³-hybridized carbons (Fsp3) is 0.200. The second-order valence-corrected chi connectivity index (χ2v) is 5.55. The van der Waals surface area contributed by atoms with Crippen molar-refractivity contribution in [2.45, 2.75) is 11.9 Å². The van der Waals surface area contributed by atoms with Gasteiger partial charge in [0.2, 0.25) is 0 Å². The molecule has 0 atom stereocenters. The standard InChI is InChI=1S/C15H13Br2FO2/c1-19-13-4-5-15(11(6-13)8-16)20-9-10-2-3-12(18)7-14(10)17/h2-7H,8-9H2,1H3. The fourth-order valence-corrected chi connectivity index (χ4v) is 2.63. The summed E-state index contributed by atoms with van der Waals surface area (Å²) in [6, 6.07) is 10.2. The molecule has 0 fully saturated rings. The van der Waals surface area contributed by atoms with Crippen molar-refractivity contribution in [3.63, 3.8) is 0 Å². The van der Waals surface area contributed by atoms with Gasteiger partial charge in [-0.05, 0) is 30.3 Å². The third-order valence-electron chi connectivity index (χ3n) is 2.81. The van der Waals surface area contributed by atoms with Crippen LogP contribution in [0.2, 0.25) is 0 Å². The Labute approximate surface area is 134 Å². The highest BCUT2D eigenvalue weighted by molar-refractivity contribution is 9.10. The van der Waals surface area contributed by atoms with Crippen LogP contribution in [0.1, 0.15) is 11.1 Å². The van der Waals surface area contributed by atoms with Crippen LogP contribution in [0, 0.1) is 5.82 Å². The van der Waals surface area contributed by atoms with Crippen molar-refractivity contribution in [1.82, 2.24) is 0 Å². The molecule has 0 heterocycles.